The molecule has 100 valence electrons. The van der Waals surface area contributed by atoms with E-state index in [9.17, 15) is 0 Å². The second kappa shape index (κ2) is 6.17. The molecule has 2 aromatic rings. The first-order valence-electron chi connectivity index (χ1n) is 6.21. The summed E-state index contributed by atoms with van der Waals surface area (Å²) in [5, 5.41) is 0. The topological polar surface area (TPSA) is 48.1 Å². The first-order valence-corrected chi connectivity index (χ1v) is 7.00. The van der Waals surface area contributed by atoms with Gasteiger partial charge in [0.25, 0.3) is 0 Å². The maximum Gasteiger partial charge on any atom is 0.146 e. The quantitative estimate of drug-likeness (QED) is 0.917. The Hall–Kier alpha value is -1.39. The second-order valence-electron chi connectivity index (χ2n) is 4.67. The average Bonchev–Trinajstić information content (AvgIpc) is 2.41. The fraction of sp³-hybridized carbons (Fsp3) is 0.267. The minimum atomic E-state index is 0.387. The Morgan fingerprint density at radius 3 is 2.74 bits per heavy atom. The minimum Gasteiger partial charge on any atom is -0.455 e. The van der Waals surface area contributed by atoms with Crippen molar-refractivity contribution in [1.29, 1.82) is 0 Å². The highest BCUT2D eigenvalue weighted by molar-refractivity contribution is 9.10. The van der Waals surface area contributed by atoms with Crippen LogP contribution in [0.4, 0.5) is 0 Å². The summed E-state index contributed by atoms with van der Waals surface area (Å²) < 4.78 is 6.98. The number of aromatic nitrogens is 1. The molecule has 0 saturated heterocycles. The van der Waals surface area contributed by atoms with Gasteiger partial charge in [-0.25, -0.2) is 0 Å². The second-order valence-corrected chi connectivity index (χ2v) is 5.59. The van der Waals surface area contributed by atoms with Crippen LogP contribution in [-0.4, -0.2) is 4.98 Å². The Morgan fingerprint density at radius 2 is 2.05 bits per heavy atom. The van der Waals surface area contributed by atoms with Crippen LogP contribution in [0.1, 0.15) is 30.9 Å². The van der Waals surface area contributed by atoms with E-state index in [1.54, 1.807) is 12.4 Å². The standard InChI is InChI=1S/C15H17BrN2O/c1-10(2)14-6-12(16)3-4-15(14)19-13-5-11(7-17)8-18-9-13/h3-6,8-10H,7,17H2,1-2H3. The molecular formula is C15H17BrN2O. The van der Waals surface area contributed by atoms with Gasteiger partial charge in [0.05, 0.1) is 6.20 Å². The first-order chi connectivity index (χ1) is 9.10. The van der Waals surface area contributed by atoms with E-state index in [2.05, 4.69) is 40.8 Å². The van der Waals surface area contributed by atoms with Crippen LogP contribution in [0.25, 0.3) is 0 Å². The van der Waals surface area contributed by atoms with Crippen molar-refractivity contribution in [2.45, 2.75) is 26.3 Å². The molecule has 0 atom stereocenters. The van der Waals surface area contributed by atoms with Crippen molar-refractivity contribution in [1.82, 2.24) is 4.98 Å². The van der Waals surface area contributed by atoms with Crippen LogP contribution in [0.3, 0.4) is 0 Å². The number of nitrogens with two attached hydrogens (primary N) is 1. The third kappa shape index (κ3) is 3.55. The van der Waals surface area contributed by atoms with Crippen molar-refractivity contribution in [3.05, 3.63) is 52.3 Å². The SMILES string of the molecule is CC(C)c1cc(Br)ccc1Oc1cncc(CN)c1. The first kappa shape index (κ1) is 14.0. The fourth-order valence-corrected chi connectivity index (χ4v) is 2.20. The van der Waals surface area contributed by atoms with Gasteiger partial charge in [-0.2, -0.15) is 0 Å². The van der Waals surface area contributed by atoms with Gasteiger partial charge >= 0.3 is 0 Å². The summed E-state index contributed by atoms with van der Waals surface area (Å²) in [7, 11) is 0. The van der Waals surface area contributed by atoms with Gasteiger partial charge in [0, 0.05) is 17.2 Å². The fourth-order valence-electron chi connectivity index (χ4n) is 1.82. The molecule has 0 aliphatic rings. The lowest BCUT2D eigenvalue weighted by molar-refractivity contribution is 0.470. The molecule has 0 saturated carbocycles. The molecule has 2 N–H and O–H groups in total. The number of hydrogen-bond acceptors (Lipinski definition) is 3. The van der Waals surface area contributed by atoms with E-state index in [-0.39, 0.29) is 0 Å². The Kier molecular flexibility index (Phi) is 4.56. The van der Waals surface area contributed by atoms with Crippen molar-refractivity contribution < 1.29 is 4.74 Å². The molecule has 2 rings (SSSR count). The van der Waals surface area contributed by atoms with Gasteiger partial charge in [-0.1, -0.05) is 29.8 Å². The predicted octanol–water partition coefficient (Wildman–Crippen LogP) is 4.22. The smallest absolute Gasteiger partial charge is 0.146 e. The molecule has 0 aliphatic carbocycles. The molecule has 19 heavy (non-hydrogen) atoms. The molecule has 1 aromatic heterocycles. The highest BCUT2D eigenvalue weighted by atomic mass is 79.9. The molecule has 3 nitrogen and oxygen atoms in total. The number of hydrogen-bond donors (Lipinski definition) is 1. The van der Waals surface area contributed by atoms with Crippen LogP contribution in [0.5, 0.6) is 11.5 Å². The predicted molar refractivity (Wildman–Crippen MR) is 80.4 cm³/mol. The van der Waals surface area contributed by atoms with Crippen LogP contribution >= 0.6 is 15.9 Å². The zero-order valence-electron chi connectivity index (χ0n) is 11.1. The molecule has 0 aliphatic heterocycles. The van der Waals surface area contributed by atoms with Gasteiger partial charge in [0.1, 0.15) is 11.5 Å². The number of ether oxygens (including phenoxy) is 1. The summed E-state index contributed by atoms with van der Waals surface area (Å²) in [6.45, 7) is 4.74. The zero-order chi connectivity index (χ0) is 13.8. The van der Waals surface area contributed by atoms with Crippen LogP contribution < -0.4 is 10.5 Å². The Labute approximate surface area is 121 Å². The zero-order valence-corrected chi connectivity index (χ0v) is 12.6. The summed E-state index contributed by atoms with van der Waals surface area (Å²) in [5.41, 5.74) is 7.73. The molecule has 4 heteroatoms. The molecule has 0 spiro atoms. The highest BCUT2D eigenvalue weighted by Crippen LogP contribution is 2.32. The van der Waals surface area contributed by atoms with Gasteiger partial charge in [0.2, 0.25) is 0 Å². The molecule has 0 unspecified atom stereocenters. The van der Waals surface area contributed by atoms with Gasteiger partial charge in [-0.05, 0) is 41.3 Å². The summed E-state index contributed by atoms with van der Waals surface area (Å²) in [6.07, 6.45) is 3.45. The monoisotopic (exact) mass is 320 g/mol. The van der Waals surface area contributed by atoms with E-state index < -0.39 is 0 Å². The lowest BCUT2D eigenvalue weighted by atomic mass is 10.0. The van der Waals surface area contributed by atoms with E-state index in [4.69, 9.17) is 10.5 Å². The summed E-state index contributed by atoms with van der Waals surface area (Å²) in [5.74, 6) is 1.96. The maximum atomic E-state index is 5.93. The molecule has 0 bridgehead atoms. The van der Waals surface area contributed by atoms with Crippen molar-refractivity contribution in [2.75, 3.05) is 0 Å². The number of pyridine rings is 1. The van der Waals surface area contributed by atoms with Crippen molar-refractivity contribution in [3.8, 4) is 11.5 Å². The average molecular weight is 321 g/mol. The third-order valence-electron chi connectivity index (χ3n) is 2.83. The van der Waals surface area contributed by atoms with E-state index in [1.807, 2.05) is 18.2 Å². The third-order valence-corrected chi connectivity index (χ3v) is 3.32. The number of benzene rings is 1. The summed E-state index contributed by atoms with van der Waals surface area (Å²) in [4.78, 5) is 4.13. The normalized spacial score (nSPS) is 10.8. The lowest BCUT2D eigenvalue weighted by Crippen LogP contribution is -1.98. The van der Waals surface area contributed by atoms with Gasteiger partial charge in [-0.15, -0.1) is 0 Å². The number of nitrogens with zero attached hydrogens (tertiary/aromatic N) is 1. The molecule has 0 amide bonds. The Balaban J connectivity index is 2.32. The number of rotatable bonds is 4. The van der Waals surface area contributed by atoms with E-state index >= 15 is 0 Å². The van der Waals surface area contributed by atoms with Crippen LogP contribution in [0, 0.1) is 0 Å². The largest absolute Gasteiger partial charge is 0.455 e. The van der Waals surface area contributed by atoms with Crippen molar-refractivity contribution in [3.63, 3.8) is 0 Å². The number of halogens is 1. The Morgan fingerprint density at radius 1 is 1.26 bits per heavy atom. The van der Waals surface area contributed by atoms with Crippen molar-refractivity contribution in [2.24, 2.45) is 5.73 Å². The van der Waals surface area contributed by atoms with Crippen LogP contribution in [0.15, 0.2) is 41.1 Å². The van der Waals surface area contributed by atoms with Gasteiger partial charge in [0.15, 0.2) is 0 Å². The minimum absolute atomic E-state index is 0.387. The summed E-state index contributed by atoms with van der Waals surface area (Å²) in [6, 6.07) is 7.94. The van der Waals surface area contributed by atoms with Crippen LogP contribution in [0.2, 0.25) is 0 Å². The molecule has 0 fully saturated rings. The van der Waals surface area contributed by atoms with Gasteiger partial charge in [-0.3, -0.25) is 4.98 Å². The van der Waals surface area contributed by atoms with Crippen molar-refractivity contribution >= 4 is 15.9 Å². The molecular weight excluding hydrogens is 304 g/mol. The summed E-state index contributed by atoms with van der Waals surface area (Å²) >= 11 is 3.49. The van der Waals surface area contributed by atoms with E-state index in [0.29, 0.717) is 18.2 Å². The van der Waals surface area contributed by atoms with E-state index in [1.165, 1.54) is 0 Å². The molecule has 1 heterocycles. The molecule has 0 radical (unpaired) electrons. The van der Waals surface area contributed by atoms with E-state index in [0.717, 1.165) is 21.3 Å². The molecule has 1 aromatic carbocycles. The Bertz CT molecular complexity index is 570. The highest BCUT2D eigenvalue weighted by Gasteiger charge is 2.10. The van der Waals surface area contributed by atoms with Crippen LogP contribution in [-0.2, 0) is 6.54 Å². The maximum absolute atomic E-state index is 5.93. The lowest BCUT2D eigenvalue weighted by Gasteiger charge is -2.14. The van der Waals surface area contributed by atoms with Gasteiger partial charge < -0.3 is 10.5 Å².